The molecular formula is C10H16BrN3O2. The fourth-order valence-corrected chi connectivity index (χ4v) is 1.76. The zero-order valence-corrected chi connectivity index (χ0v) is 11.0. The van der Waals surface area contributed by atoms with Crippen LogP contribution in [0.4, 0.5) is 5.69 Å². The van der Waals surface area contributed by atoms with Crippen LogP contribution in [0.5, 0.6) is 0 Å². The molecular weight excluding hydrogens is 274 g/mol. The number of methoxy groups -OCH3 is 1. The van der Waals surface area contributed by atoms with Gasteiger partial charge in [-0.15, -0.1) is 0 Å². The van der Waals surface area contributed by atoms with Crippen molar-refractivity contribution in [2.45, 2.75) is 25.8 Å². The highest BCUT2D eigenvalue weighted by molar-refractivity contribution is 9.10. The summed E-state index contributed by atoms with van der Waals surface area (Å²) >= 11 is 3.22. The van der Waals surface area contributed by atoms with E-state index < -0.39 is 0 Å². The van der Waals surface area contributed by atoms with Gasteiger partial charge in [-0.05, 0) is 22.4 Å². The van der Waals surface area contributed by atoms with Gasteiger partial charge in [-0.25, -0.2) is 5.10 Å². The molecule has 0 aliphatic heterocycles. The van der Waals surface area contributed by atoms with Crippen LogP contribution in [0.3, 0.4) is 0 Å². The Balaban J connectivity index is 2.76. The van der Waals surface area contributed by atoms with Gasteiger partial charge in [0, 0.05) is 13.2 Å². The quantitative estimate of drug-likeness (QED) is 0.837. The second-order valence-corrected chi connectivity index (χ2v) is 4.31. The summed E-state index contributed by atoms with van der Waals surface area (Å²) in [5, 5.41) is 9.34. The summed E-state index contributed by atoms with van der Waals surface area (Å²) in [4.78, 5) is 11.3. The maximum atomic E-state index is 11.3. The molecule has 0 saturated heterocycles. The van der Waals surface area contributed by atoms with Crippen molar-refractivity contribution in [2.24, 2.45) is 0 Å². The summed E-state index contributed by atoms with van der Waals surface area (Å²) in [7, 11) is 1.66. The van der Waals surface area contributed by atoms with Gasteiger partial charge in [0.15, 0.2) is 0 Å². The van der Waals surface area contributed by atoms with Crippen molar-refractivity contribution in [2.75, 3.05) is 19.0 Å². The van der Waals surface area contributed by atoms with Gasteiger partial charge in [-0.2, -0.15) is 5.10 Å². The lowest BCUT2D eigenvalue weighted by molar-refractivity contribution is 0.182. The molecule has 0 bridgehead atoms. The van der Waals surface area contributed by atoms with Crippen molar-refractivity contribution in [3.05, 3.63) is 21.0 Å². The highest BCUT2D eigenvalue weighted by Gasteiger charge is 2.10. The Morgan fingerprint density at radius 1 is 1.69 bits per heavy atom. The van der Waals surface area contributed by atoms with Gasteiger partial charge in [0.05, 0.1) is 18.5 Å². The van der Waals surface area contributed by atoms with Gasteiger partial charge >= 0.3 is 0 Å². The third-order valence-electron chi connectivity index (χ3n) is 2.16. The van der Waals surface area contributed by atoms with Gasteiger partial charge in [0.25, 0.3) is 5.56 Å². The van der Waals surface area contributed by atoms with Crippen molar-refractivity contribution in [1.82, 2.24) is 10.2 Å². The first kappa shape index (κ1) is 13.2. The molecule has 1 unspecified atom stereocenters. The number of anilines is 1. The Hall–Kier alpha value is -0.880. The second-order valence-electron chi connectivity index (χ2n) is 3.51. The van der Waals surface area contributed by atoms with E-state index in [1.54, 1.807) is 13.3 Å². The second kappa shape index (κ2) is 6.65. The van der Waals surface area contributed by atoms with Crippen molar-refractivity contribution >= 4 is 21.6 Å². The number of aromatic amines is 1. The van der Waals surface area contributed by atoms with Crippen LogP contribution in [0.2, 0.25) is 0 Å². The van der Waals surface area contributed by atoms with Crippen molar-refractivity contribution < 1.29 is 4.74 Å². The molecule has 0 fully saturated rings. The van der Waals surface area contributed by atoms with Crippen LogP contribution in [0.15, 0.2) is 15.5 Å². The average molecular weight is 290 g/mol. The highest BCUT2D eigenvalue weighted by atomic mass is 79.9. The minimum Gasteiger partial charge on any atom is -0.383 e. The predicted molar refractivity (Wildman–Crippen MR) is 66.8 cm³/mol. The normalized spacial score (nSPS) is 12.4. The maximum absolute atomic E-state index is 11.3. The number of halogens is 1. The fourth-order valence-electron chi connectivity index (χ4n) is 1.45. The van der Waals surface area contributed by atoms with Crippen LogP contribution >= 0.6 is 15.9 Å². The van der Waals surface area contributed by atoms with Crippen LogP contribution in [0, 0.1) is 0 Å². The molecule has 0 aliphatic carbocycles. The van der Waals surface area contributed by atoms with E-state index in [0.29, 0.717) is 16.8 Å². The van der Waals surface area contributed by atoms with Crippen LogP contribution in [-0.4, -0.2) is 30.0 Å². The molecule has 90 valence electrons. The Morgan fingerprint density at radius 3 is 3.06 bits per heavy atom. The molecule has 0 aliphatic rings. The third kappa shape index (κ3) is 3.61. The van der Waals surface area contributed by atoms with E-state index >= 15 is 0 Å². The number of hydrogen-bond donors (Lipinski definition) is 2. The smallest absolute Gasteiger partial charge is 0.280 e. The zero-order chi connectivity index (χ0) is 12.0. The number of ether oxygens (including phenoxy) is 1. The van der Waals surface area contributed by atoms with Crippen molar-refractivity contribution in [3.63, 3.8) is 0 Å². The van der Waals surface area contributed by atoms with E-state index in [4.69, 9.17) is 4.74 Å². The Bertz CT molecular complexity index is 375. The van der Waals surface area contributed by atoms with Crippen molar-refractivity contribution in [1.29, 1.82) is 0 Å². The summed E-state index contributed by atoms with van der Waals surface area (Å²) in [6, 6.07) is 0.190. The monoisotopic (exact) mass is 289 g/mol. The van der Waals surface area contributed by atoms with E-state index in [-0.39, 0.29) is 11.6 Å². The number of aromatic nitrogens is 2. The van der Waals surface area contributed by atoms with Gasteiger partial charge in [0.1, 0.15) is 4.47 Å². The van der Waals surface area contributed by atoms with Gasteiger partial charge in [-0.1, -0.05) is 13.3 Å². The van der Waals surface area contributed by atoms with Gasteiger partial charge < -0.3 is 10.1 Å². The lowest BCUT2D eigenvalue weighted by atomic mass is 10.2. The zero-order valence-electron chi connectivity index (χ0n) is 9.42. The van der Waals surface area contributed by atoms with Crippen LogP contribution in [0.1, 0.15) is 19.8 Å². The Kier molecular flexibility index (Phi) is 5.48. The fraction of sp³-hybridized carbons (Fsp3) is 0.600. The Morgan fingerprint density at radius 2 is 2.44 bits per heavy atom. The van der Waals surface area contributed by atoms with Crippen molar-refractivity contribution in [3.8, 4) is 0 Å². The highest BCUT2D eigenvalue weighted by Crippen LogP contribution is 2.17. The SMILES string of the molecule is CCCC(COC)Nc1cn[nH]c(=O)c1Br. The van der Waals surface area contributed by atoms with E-state index in [2.05, 4.69) is 38.4 Å². The molecule has 0 saturated carbocycles. The summed E-state index contributed by atoms with van der Waals surface area (Å²) in [6.07, 6.45) is 3.62. The van der Waals surface area contributed by atoms with Crippen LogP contribution in [-0.2, 0) is 4.74 Å². The topological polar surface area (TPSA) is 67.0 Å². The first-order valence-corrected chi connectivity index (χ1v) is 5.97. The molecule has 0 radical (unpaired) electrons. The molecule has 1 aromatic heterocycles. The first-order valence-electron chi connectivity index (χ1n) is 5.17. The number of hydrogen-bond acceptors (Lipinski definition) is 4. The average Bonchev–Trinajstić information content (AvgIpc) is 2.25. The van der Waals surface area contributed by atoms with E-state index in [9.17, 15) is 4.79 Å². The van der Waals surface area contributed by atoms with Gasteiger partial charge in [-0.3, -0.25) is 4.79 Å². The number of nitrogens with one attached hydrogen (secondary N) is 2. The minimum atomic E-state index is -0.238. The summed E-state index contributed by atoms with van der Waals surface area (Å²) in [5.74, 6) is 0. The summed E-state index contributed by atoms with van der Waals surface area (Å²) < 4.78 is 5.59. The van der Waals surface area contributed by atoms with Gasteiger partial charge in [0.2, 0.25) is 0 Å². The molecule has 0 amide bonds. The molecule has 0 aromatic carbocycles. The molecule has 1 atom stereocenters. The lowest BCUT2D eigenvalue weighted by Gasteiger charge is -2.18. The molecule has 1 rings (SSSR count). The largest absolute Gasteiger partial charge is 0.383 e. The van der Waals surface area contributed by atoms with Crippen LogP contribution in [0.25, 0.3) is 0 Å². The maximum Gasteiger partial charge on any atom is 0.280 e. The molecule has 16 heavy (non-hydrogen) atoms. The van der Waals surface area contributed by atoms with Crippen LogP contribution < -0.4 is 10.9 Å². The number of rotatable bonds is 6. The summed E-state index contributed by atoms with van der Waals surface area (Å²) in [6.45, 7) is 2.71. The molecule has 1 heterocycles. The molecule has 2 N–H and O–H groups in total. The minimum absolute atomic E-state index is 0.190. The standard InChI is InChI=1S/C10H16BrN3O2/c1-3-4-7(6-16-2)13-8-5-12-14-10(15)9(8)11/h5,7H,3-4,6H2,1-2H3,(H2,13,14,15). The number of H-pyrrole nitrogens is 1. The van der Waals surface area contributed by atoms with E-state index in [1.165, 1.54) is 0 Å². The molecule has 1 aromatic rings. The molecule has 5 nitrogen and oxygen atoms in total. The summed E-state index contributed by atoms with van der Waals surface area (Å²) in [5.41, 5.74) is 0.455. The van der Waals surface area contributed by atoms with E-state index in [0.717, 1.165) is 12.8 Å². The Labute approximate surface area is 103 Å². The van der Waals surface area contributed by atoms with E-state index in [1.807, 2.05) is 0 Å². The molecule has 6 heteroatoms. The predicted octanol–water partition coefficient (Wildman–Crippen LogP) is 1.76. The third-order valence-corrected chi connectivity index (χ3v) is 2.95. The lowest BCUT2D eigenvalue weighted by Crippen LogP contribution is -2.26. The molecule has 0 spiro atoms. The number of nitrogens with zero attached hydrogens (tertiary/aromatic N) is 1. The first-order chi connectivity index (χ1) is 7.69.